The van der Waals surface area contributed by atoms with Crippen LogP contribution in [0.15, 0.2) is 36.8 Å². The first-order valence-electron chi connectivity index (χ1n) is 5.45. The van der Waals surface area contributed by atoms with Gasteiger partial charge in [-0.3, -0.25) is 9.97 Å². The van der Waals surface area contributed by atoms with E-state index in [9.17, 15) is 4.39 Å². The Morgan fingerprint density at radius 2 is 2.12 bits per heavy atom. The second-order valence-electron chi connectivity index (χ2n) is 3.98. The quantitative estimate of drug-likeness (QED) is 0.882. The molecule has 1 unspecified atom stereocenters. The zero-order valence-electron chi connectivity index (χ0n) is 9.81. The van der Waals surface area contributed by atoms with Crippen molar-refractivity contribution in [1.82, 2.24) is 9.97 Å². The van der Waals surface area contributed by atoms with Gasteiger partial charge in [-0.2, -0.15) is 0 Å². The van der Waals surface area contributed by atoms with Crippen molar-refractivity contribution in [1.29, 1.82) is 0 Å². The van der Waals surface area contributed by atoms with Gasteiger partial charge in [-0.15, -0.1) is 0 Å². The van der Waals surface area contributed by atoms with Crippen LogP contribution in [0.2, 0.25) is 0 Å². The third kappa shape index (κ3) is 2.78. The van der Waals surface area contributed by atoms with Gasteiger partial charge in [-0.1, -0.05) is 6.07 Å². The van der Waals surface area contributed by atoms with Crippen LogP contribution >= 0.6 is 0 Å². The molecular formula is C13H14FN3. The first kappa shape index (κ1) is 11.5. The topological polar surface area (TPSA) is 37.8 Å². The highest BCUT2D eigenvalue weighted by atomic mass is 19.1. The molecule has 1 aromatic carbocycles. The summed E-state index contributed by atoms with van der Waals surface area (Å²) in [5.41, 5.74) is 2.29. The van der Waals surface area contributed by atoms with Crippen molar-refractivity contribution in [2.75, 3.05) is 5.32 Å². The molecule has 0 saturated heterocycles. The van der Waals surface area contributed by atoms with Crippen molar-refractivity contribution in [3.05, 3.63) is 53.9 Å². The van der Waals surface area contributed by atoms with E-state index in [4.69, 9.17) is 0 Å². The summed E-state index contributed by atoms with van der Waals surface area (Å²) in [4.78, 5) is 8.17. The number of halogens is 1. The van der Waals surface area contributed by atoms with Crippen molar-refractivity contribution in [2.24, 2.45) is 0 Å². The first-order chi connectivity index (χ1) is 8.16. The van der Waals surface area contributed by atoms with Crippen LogP contribution in [0.25, 0.3) is 0 Å². The Kier molecular flexibility index (Phi) is 3.32. The molecule has 0 saturated carbocycles. The lowest BCUT2D eigenvalue weighted by atomic mass is 10.2. The molecule has 2 rings (SSSR count). The van der Waals surface area contributed by atoms with Gasteiger partial charge in [-0.25, -0.2) is 4.39 Å². The van der Waals surface area contributed by atoms with Crippen molar-refractivity contribution < 1.29 is 4.39 Å². The molecule has 0 bridgehead atoms. The summed E-state index contributed by atoms with van der Waals surface area (Å²) in [6, 6.07) is 4.90. The highest BCUT2D eigenvalue weighted by Crippen LogP contribution is 2.21. The van der Waals surface area contributed by atoms with Crippen LogP contribution in [-0.2, 0) is 0 Å². The fourth-order valence-corrected chi connectivity index (χ4v) is 1.59. The minimum atomic E-state index is -0.258. The standard InChI is InChI=1S/C13H14FN3/c1-9-3-4-11(14)12(7-9)17-10(2)13-8-15-5-6-16-13/h3-8,10,17H,1-2H3. The van der Waals surface area contributed by atoms with Crippen LogP contribution in [-0.4, -0.2) is 9.97 Å². The highest BCUT2D eigenvalue weighted by molar-refractivity contribution is 5.48. The van der Waals surface area contributed by atoms with Crippen LogP contribution in [0.4, 0.5) is 10.1 Å². The lowest BCUT2D eigenvalue weighted by Crippen LogP contribution is -2.09. The molecular weight excluding hydrogens is 217 g/mol. The van der Waals surface area contributed by atoms with Gasteiger partial charge in [0.2, 0.25) is 0 Å². The maximum Gasteiger partial charge on any atom is 0.146 e. The molecule has 0 spiro atoms. The number of nitrogens with one attached hydrogen (secondary N) is 1. The van der Waals surface area contributed by atoms with Crippen molar-refractivity contribution in [3.8, 4) is 0 Å². The van der Waals surface area contributed by atoms with Gasteiger partial charge >= 0.3 is 0 Å². The summed E-state index contributed by atoms with van der Waals surface area (Å²) in [6.45, 7) is 3.85. The second-order valence-corrected chi connectivity index (χ2v) is 3.98. The van der Waals surface area contributed by atoms with E-state index in [1.807, 2.05) is 13.8 Å². The molecule has 2 aromatic rings. The summed E-state index contributed by atoms with van der Waals surface area (Å²) >= 11 is 0. The number of nitrogens with zero attached hydrogens (tertiary/aromatic N) is 2. The third-order valence-corrected chi connectivity index (χ3v) is 2.52. The van der Waals surface area contributed by atoms with Gasteiger partial charge in [0, 0.05) is 12.4 Å². The highest BCUT2D eigenvalue weighted by Gasteiger charge is 2.09. The Labute approximate surface area is 99.7 Å². The fourth-order valence-electron chi connectivity index (χ4n) is 1.59. The smallest absolute Gasteiger partial charge is 0.146 e. The molecule has 0 amide bonds. The van der Waals surface area contributed by atoms with E-state index in [1.165, 1.54) is 6.07 Å². The Balaban J connectivity index is 2.18. The number of hydrogen-bond acceptors (Lipinski definition) is 3. The lowest BCUT2D eigenvalue weighted by Gasteiger charge is -2.15. The number of aryl methyl sites for hydroxylation is 1. The van der Waals surface area contributed by atoms with Gasteiger partial charge < -0.3 is 5.32 Å². The molecule has 1 N–H and O–H groups in total. The van der Waals surface area contributed by atoms with E-state index in [1.54, 1.807) is 30.7 Å². The van der Waals surface area contributed by atoms with Gasteiger partial charge in [0.1, 0.15) is 5.82 Å². The second kappa shape index (κ2) is 4.91. The van der Waals surface area contributed by atoms with E-state index < -0.39 is 0 Å². The minimum Gasteiger partial charge on any atom is -0.375 e. The Hall–Kier alpha value is -1.97. The molecule has 0 fully saturated rings. The molecule has 0 radical (unpaired) electrons. The third-order valence-electron chi connectivity index (χ3n) is 2.52. The summed E-state index contributed by atoms with van der Waals surface area (Å²) < 4.78 is 13.5. The molecule has 1 atom stereocenters. The van der Waals surface area contributed by atoms with E-state index in [0.29, 0.717) is 5.69 Å². The van der Waals surface area contributed by atoms with E-state index in [2.05, 4.69) is 15.3 Å². The minimum absolute atomic E-state index is 0.0833. The maximum absolute atomic E-state index is 13.5. The van der Waals surface area contributed by atoms with Crippen LogP contribution in [0.5, 0.6) is 0 Å². The van der Waals surface area contributed by atoms with Crippen molar-refractivity contribution in [2.45, 2.75) is 19.9 Å². The molecule has 17 heavy (non-hydrogen) atoms. The summed E-state index contributed by atoms with van der Waals surface area (Å²) in [7, 11) is 0. The molecule has 4 heteroatoms. The van der Waals surface area contributed by atoms with Gasteiger partial charge in [0.25, 0.3) is 0 Å². The number of hydrogen-bond donors (Lipinski definition) is 1. The Morgan fingerprint density at radius 3 is 2.82 bits per heavy atom. The summed E-state index contributed by atoms with van der Waals surface area (Å²) in [6.07, 6.45) is 4.91. The lowest BCUT2D eigenvalue weighted by molar-refractivity contribution is 0.626. The Bertz CT molecular complexity index is 499. The normalized spacial score (nSPS) is 12.2. The molecule has 1 aromatic heterocycles. The monoisotopic (exact) mass is 231 g/mol. The molecule has 0 aliphatic heterocycles. The van der Waals surface area contributed by atoms with E-state index in [-0.39, 0.29) is 11.9 Å². The maximum atomic E-state index is 13.5. The van der Waals surface area contributed by atoms with Crippen molar-refractivity contribution in [3.63, 3.8) is 0 Å². The van der Waals surface area contributed by atoms with Crippen LogP contribution in [0, 0.1) is 12.7 Å². The van der Waals surface area contributed by atoms with Gasteiger partial charge in [0.05, 0.1) is 23.6 Å². The predicted octanol–water partition coefficient (Wildman–Crippen LogP) is 3.10. The van der Waals surface area contributed by atoms with Crippen LogP contribution < -0.4 is 5.32 Å². The molecule has 0 aliphatic carbocycles. The molecule has 3 nitrogen and oxygen atoms in total. The number of aromatic nitrogens is 2. The van der Waals surface area contributed by atoms with E-state index in [0.717, 1.165) is 11.3 Å². The molecule has 1 heterocycles. The first-order valence-corrected chi connectivity index (χ1v) is 5.45. The van der Waals surface area contributed by atoms with Crippen LogP contribution in [0.1, 0.15) is 24.2 Å². The zero-order valence-corrected chi connectivity index (χ0v) is 9.81. The Morgan fingerprint density at radius 1 is 1.29 bits per heavy atom. The van der Waals surface area contributed by atoms with Gasteiger partial charge in [0.15, 0.2) is 0 Å². The zero-order chi connectivity index (χ0) is 12.3. The largest absolute Gasteiger partial charge is 0.375 e. The summed E-state index contributed by atoms with van der Waals surface area (Å²) in [5.74, 6) is -0.258. The molecule has 88 valence electrons. The van der Waals surface area contributed by atoms with Crippen molar-refractivity contribution >= 4 is 5.69 Å². The summed E-state index contributed by atoms with van der Waals surface area (Å²) in [5, 5.41) is 3.09. The number of benzene rings is 1. The molecule has 0 aliphatic rings. The van der Waals surface area contributed by atoms with E-state index >= 15 is 0 Å². The predicted molar refractivity (Wildman–Crippen MR) is 65.2 cm³/mol. The average Bonchev–Trinajstić information content (AvgIpc) is 2.35. The van der Waals surface area contributed by atoms with Crippen LogP contribution in [0.3, 0.4) is 0 Å². The number of anilines is 1. The number of rotatable bonds is 3. The van der Waals surface area contributed by atoms with Gasteiger partial charge in [-0.05, 0) is 31.5 Å². The average molecular weight is 231 g/mol. The SMILES string of the molecule is Cc1ccc(F)c(NC(C)c2cnccn2)c1. The fraction of sp³-hybridized carbons (Fsp3) is 0.231.